The van der Waals surface area contributed by atoms with Crippen molar-refractivity contribution < 1.29 is 17.9 Å². The topological polar surface area (TPSA) is 67.9 Å². The second kappa shape index (κ2) is 8.69. The summed E-state index contributed by atoms with van der Waals surface area (Å²) in [6, 6.07) is 4.60. The first kappa shape index (κ1) is 19.0. The van der Waals surface area contributed by atoms with Crippen molar-refractivity contribution in [1.29, 1.82) is 0 Å². The molecule has 0 radical (unpaired) electrons. The monoisotopic (exact) mass is 356 g/mol. The minimum absolute atomic E-state index is 0.187. The molecule has 1 saturated heterocycles. The summed E-state index contributed by atoms with van der Waals surface area (Å²) in [6.45, 7) is 5.88. The molecule has 0 amide bonds. The first-order valence-corrected chi connectivity index (χ1v) is 9.88. The molecule has 1 aromatic carbocycles. The molecule has 0 aliphatic carbocycles. The average Bonchev–Trinajstić information content (AvgIpc) is 2.59. The van der Waals surface area contributed by atoms with Crippen LogP contribution in [-0.2, 0) is 10.0 Å². The van der Waals surface area contributed by atoms with E-state index in [0.29, 0.717) is 18.0 Å². The zero-order valence-corrected chi connectivity index (χ0v) is 15.6. The number of methoxy groups -OCH3 is 2. The lowest BCUT2D eigenvalue weighted by molar-refractivity contribution is 0.191. The SMILES string of the molecule is COc1ccc(S(=O)(=O)NCCCN2CCC(C)CC2)cc1OC. The third-order valence-corrected chi connectivity index (χ3v) is 5.94. The summed E-state index contributed by atoms with van der Waals surface area (Å²) in [5.74, 6) is 1.73. The van der Waals surface area contributed by atoms with Gasteiger partial charge >= 0.3 is 0 Å². The minimum atomic E-state index is -3.53. The van der Waals surface area contributed by atoms with Crippen molar-refractivity contribution in [2.75, 3.05) is 40.4 Å². The molecule has 7 heteroatoms. The van der Waals surface area contributed by atoms with Gasteiger partial charge in [-0.15, -0.1) is 0 Å². The van der Waals surface area contributed by atoms with Crippen molar-refractivity contribution in [1.82, 2.24) is 9.62 Å². The van der Waals surface area contributed by atoms with Gasteiger partial charge in [0.2, 0.25) is 10.0 Å². The van der Waals surface area contributed by atoms with Crippen molar-refractivity contribution >= 4 is 10.0 Å². The van der Waals surface area contributed by atoms with E-state index in [2.05, 4.69) is 16.5 Å². The predicted octanol–water partition coefficient (Wildman–Crippen LogP) is 2.10. The van der Waals surface area contributed by atoms with E-state index in [1.165, 1.54) is 39.2 Å². The summed E-state index contributed by atoms with van der Waals surface area (Å²) in [7, 11) is -0.527. The molecule has 1 aliphatic heterocycles. The Labute approximate surface area is 145 Å². The van der Waals surface area contributed by atoms with Crippen LogP contribution < -0.4 is 14.2 Å². The number of nitrogens with zero attached hydrogens (tertiary/aromatic N) is 1. The van der Waals surface area contributed by atoms with Crippen molar-refractivity contribution in [3.8, 4) is 11.5 Å². The summed E-state index contributed by atoms with van der Waals surface area (Å²) in [5.41, 5.74) is 0. The molecular weight excluding hydrogens is 328 g/mol. The minimum Gasteiger partial charge on any atom is -0.493 e. The molecule has 0 atom stereocenters. The zero-order chi connectivity index (χ0) is 17.6. The highest BCUT2D eigenvalue weighted by Crippen LogP contribution is 2.29. The smallest absolute Gasteiger partial charge is 0.240 e. The lowest BCUT2D eigenvalue weighted by atomic mass is 9.99. The van der Waals surface area contributed by atoms with Gasteiger partial charge in [-0.1, -0.05) is 6.92 Å². The van der Waals surface area contributed by atoms with Gasteiger partial charge in [-0.05, 0) is 56.9 Å². The fraction of sp³-hybridized carbons (Fsp3) is 0.647. The van der Waals surface area contributed by atoms with Gasteiger partial charge in [0.1, 0.15) is 0 Å². The number of hydrogen-bond donors (Lipinski definition) is 1. The number of benzene rings is 1. The van der Waals surface area contributed by atoms with Gasteiger partial charge in [-0.3, -0.25) is 0 Å². The zero-order valence-electron chi connectivity index (χ0n) is 14.7. The van der Waals surface area contributed by atoms with E-state index in [1.54, 1.807) is 6.07 Å². The molecule has 24 heavy (non-hydrogen) atoms. The molecule has 1 aromatic rings. The number of nitrogens with one attached hydrogen (secondary N) is 1. The largest absolute Gasteiger partial charge is 0.493 e. The standard InChI is InChI=1S/C17H28N2O4S/c1-14-7-11-19(12-8-14)10-4-9-18-24(20,21)15-5-6-16(22-2)17(13-15)23-3/h5-6,13-14,18H,4,7-12H2,1-3H3. The number of hydrogen-bond acceptors (Lipinski definition) is 5. The second-order valence-electron chi connectivity index (χ2n) is 6.29. The number of likely N-dealkylation sites (tertiary alicyclic amines) is 1. The Morgan fingerprint density at radius 2 is 1.83 bits per heavy atom. The number of rotatable bonds is 8. The molecule has 0 aromatic heterocycles. The van der Waals surface area contributed by atoms with Crippen LogP contribution in [0.15, 0.2) is 23.1 Å². The summed E-state index contributed by atoms with van der Waals surface area (Å²) in [5, 5.41) is 0. The van der Waals surface area contributed by atoms with Crippen LogP contribution in [0.4, 0.5) is 0 Å². The molecule has 2 rings (SSSR count). The summed E-state index contributed by atoms with van der Waals surface area (Å²) in [6.07, 6.45) is 3.27. The van der Waals surface area contributed by atoms with Gasteiger partial charge in [0.25, 0.3) is 0 Å². The van der Waals surface area contributed by atoms with Gasteiger partial charge < -0.3 is 14.4 Å². The maximum absolute atomic E-state index is 12.4. The Kier molecular flexibility index (Phi) is 6.89. The van der Waals surface area contributed by atoms with E-state index >= 15 is 0 Å². The quantitative estimate of drug-likeness (QED) is 0.723. The maximum Gasteiger partial charge on any atom is 0.240 e. The molecule has 0 unspecified atom stereocenters. The Morgan fingerprint density at radius 3 is 2.46 bits per heavy atom. The molecule has 1 N–H and O–H groups in total. The highest BCUT2D eigenvalue weighted by molar-refractivity contribution is 7.89. The Hall–Kier alpha value is -1.31. The van der Waals surface area contributed by atoms with Crippen LogP contribution in [0.3, 0.4) is 0 Å². The highest BCUT2D eigenvalue weighted by atomic mass is 32.2. The third kappa shape index (κ3) is 5.09. The molecule has 0 spiro atoms. The summed E-state index contributed by atoms with van der Waals surface area (Å²) in [4.78, 5) is 2.59. The van der Waals surface area contributed by atoms with Gasteiger partial charge in [-0.2, -0.15) is 0 Å². The number of ether oxygens (including phenoxy) is 2. The fourth-order valence-corrected chi connectivity index (χ4v) is 3.95. The Bertz CT molecular complexity index is 625. The van der Waals surface area contributed by atoms with Gasteiger partial charge in [-0.25, -0.2) is 13.1 Å². The second-order valence-corrected chi connectivity index (χ2v) is 8.06. The Morgan fingerprint density at radius 1 is 1.17 bits per heavy atom. The summed E-state index contributed by atoms with van der Waals surface area (Å²) < 4.78 is 37.7. The van der Waals surface area contributed by atoms with E-state index in [-0.39, 0.29) is 4.90 Å². The third-order valence-electron chi connectivity index (χ3n) is 4.48. The van der Waals surface area contributed by atoms with Crippen LogP contribution >= 0.6 is 0 Å². The van der Waals surface area contributed by atoms with E-state index in [9.17, 15) is 8.42 Å². The molecule has 0 bridgehead atoms. The summed E-state index contributed by atoms with van der Waals surface area (Å²) >= 11 is 0. The Balaban J connectivity index is 1.85. The molecule has 136 valence electrons. The van der Waals surface area contributed by atoms with Crippen LogP contribution in [0.5, 0.6) is 11.5 Å². The van der Waals surface area contributed by atoms with Crippen molar-refractivity contribution in [2.24, 2.45) is 5.92 Å². The lowest BCUT2D eigenvalue weighted by Gasteiger charge is -2.30. The van der Waals surface area contributed by atoms with E-state index < -0.39 is 10.0 Å². The van der Waals surface area contributed by atoms with E-state index in [1.807, 2.05) is 0 Å². The average molecular weight is 356 g/mol. The van der Waals surface area contributed by atoms with Crippen LogP contribution in [0, 0.1) is 5.92 Å². The first-order valence-electron chi connectivity index (χ1n) is 8.40. The number of piperidine rings is 1. The molecule has 0 saturated carbocycles. The van der Waals surface area contributed by atoms with Crippen LogP contribution in [-0.4, -0.2) is 53.7 Å². The normalized spacial score (nSPS) is 17.0. The fourth-order valence-electron chi connectivity index (χ4n) is 2.86. The van der Waals surface area contributed by atoms with E-state index in [0.717, 1.165) is 32.0 Å². The van der Waals surface area contributed by atoms with Crippen LogP contribution in [0.25, 0.3) is 0 Å². The van der Waals surface area contributed by atoms with Crippen LogP contribution in [0.1, 0.15) is 26.2 Å². The number of sulfonamides is 1. The molecular formula is C17H28N2O4S. The van der Waals surface area contributed by atoms with Crippen molar-refractivity contribution in [2.45, 2.75) is 31.1 Å². The lowest BCUT2D eigenvalue weighted by Crippen LogP contribution is -2.35. The van der Waals surface area contributed by atoms with Crippen LogP contribution in [0.2, 0.25) is 0 Å². The molecule has 6 nitrogen and oxygen atoms in total. The molecule has 1 fully saturated rings. The van der Waals surface area contributed by atoms with Crippen molar-refractivity contribution in [3.63, 3.8) is 0 Å². The molecule has 1 aliphatic rings. The van der Waals surface area contributed by atoms with Crippen molar-refractivity contribution in [3.05, 3.63) is 18.2 Å². The van der Waals surface area contributed by atoms with E-state index in [4.69, 9.17) is 9.47 Å². The van der Waals surface area contributed by atoms with Gasteiger partial charge in [0.15, 0.2) is 11.5 Å². The maximum atomic E-state index is 12.4. The van der Waals surface area contributed by atoms with Gasteiger partial charge in [0, 0.05) is 12.6 Å². The van der Waals surface area contributed by atoms with Gasteiger partial charge in [0.05, 0.1) is 19.1 Å². The highest BCUT2D eigenvalue weighted by Gasteiger charge is 2.18. The predicted molar refractivity (Wildman–Crippen MR) is 94.2 cm³/mol. The first-order chi connectivity index (χ1) is 11.5. The molecule has 1 heterocycles.